The van der Waals surface area contributed by atoms with Crippen LogP contribution in [0.3, 0.4) is 0 Å². The molecule has 0 spiro atoms. The zero-order valence-electron chi connectivity index (χ0n) is 22.3. The summed E-state index contributed by atoms with van der Waals surface area (Å²) in [6.07, 6.45) is 39.3. The van der Waals surface area contributed by atoms with Crippen molar-refractivity contribution in [1.82, 2.24) is 0 Å². The van der Waals surface area contributed by atoms with Gasteiger partial charge in [-0.25, -0.2) is 0 Å². The van der Waals surface area contributed by atoms with E-state index in [-0.39, 0.29) is 0 Å². The van der Waals surface area contributed by atoms with E-state index in [9.17, 15) is 0 Å². The van der Waals surface area contributed by atoms with Crippen LogP contribution in [-0.4, -0.2) is 0 Å². The van der Waals surface area contributed by atoms with Gasteiger partial charge in [-0.1, -0.05) is 93.4 Å². The maximum absolute atomic E-state index is 4.93. The Morgan fingerprint density at radius 2 is 1.08 bits per heavy atom. The maximum atomic E-state index is 4.93. The monoisotopic (exact) mass is 616 g/mol. The van der Waals surface area contributed by atoms with Gasteiger partial charge in [0.05, 0.1) is 0 Å². The van der Waals surface area contributed by atoms with Crippen molar-refractivity contribution < 1.29 is 20.8 Å². The Morgan fingerprint density at radius 1 is 0.632 bits per heavy atom. The second kappa shape index (κ2) is 12.8. The first-order chi connectivity index (χ1) is 18.7. The fourth-order valence-corrected chi connectivity index (χ4v) is 7.70. The van der Waals surface area contributed by atoms with Crippen LogP contribution in [0.4, 0.5) is 0 Å². The van der Waals surface area contributed by atoms with Crippen LogP contribution in [0.5, 0.6) is 0 Å². The molecule has 0 aromatic rings. The zero-order valence-corrected chi connectivity index (χ0v) is 26.3. The van der Waals surface area contributed by atoms with Gasteiger partial charge in [0.25, 0.3) is 0 Å². The van der Waals surface area contributed by atoms with Crippen LogP contribution in [0.15, 0.2) is 71.9 Å². The summed E-state index contributed by atoms with van der Waals surface area (Å²) in [4.78, 5) is 0. The topological polar surface area (TPSA) is 0 Å². The molecule has 10 radical (unpaired) electrons. The van der Waals surface area contributed by atoms with E-state index in [1.807, 2.05) is 0 Å². The number of hydrogen-bond donors (Lipinski definition) is 0. The Labute approximate surface area is 250 Å². The second-order valence-corrected chi connectivity index (χ2v) is 15.2. The predicted octanol–water partition coefficient (Wildman–Crippen LogP) is 10.1. The molecule has 7 rings (SSSR count). The van der Waals surface area contributed by atoms with E-state index in [1.165, 1.54) is 92.8 Å². The summed E-state index contributed by atoms with van der Waals surface area (Å²) in [6, 6.07) is 0. The summed E-state index contributed by atoms with van der Waals surface area (Å²) in [6.45, 7) is 2.35. The van der Waals surface area contributed by atoms with E-state index in [0.29, 0.717) is 0 Å². The number of halogens is 2. The van der Waals surface area contributed by atoms with Crippen molar-refractivity contribution >= 4 is 17.0 Å². The van der Waals surface area contributed by atoms with Crippen LogP contribution in [0.1, 0.15) is 71.1 Å². The molecule has 0 aliphatic heterocycles. The molecular weight excluding hydrogens is 583 g/mol. The first-order valence-electron chi connectivity index (χ1n) is 14.4. The fraction of sp³-hybridized carbons (Fsp3) is 0.371. The molecule has 0 nitrogen and oxygen atoms in total. The molecule has 38 heavy (non-hydrogen) atoms. The molecule has 4 saturated carbocycles. The molecule has 0 bridgehead atoms. The Bertz CT molecular complexity index is 971. The van der Waals surface area contributed by atoms with E-state index in [0.717, 1.165) is 24.7 Å². The van der Waals surface area contributed by atoms with E-state index in [2.05, 4.69) is 74.1 Å². The van der Waals surface area contributed by atoms with Crippen LogP contribution >= 0.6 is 17.0 Å². The average molecular weight is 619 g/mol. The summed E-state index contributed by atoms with van der Waals surface area (Å²) in [5.41, 5.74) is 3.43. The van der Waals surface area contributed by atoms with Crippen molar-refractivity contribution in [2.24, 2.45) is 11.8 Å². The minimum atomic E-state index is -0.826. The zero-order chi connectivity index (χ0) is 26.1. The third-order valence-electron chi connectivity index (χ3n) is 9.44. The molecule has 0 aromatic heterocycles. The third kappa shape index (κ3) is 5.53. The summed E-state index contributed by atoms with van der Waals surface area (Å²) in [5.74, 6) is 15.0. The molecule has 0 aromatic carbocycles. The van der Waals surface area contributed by atoms with Gasteiger partial charge >= 0.3 is 37.9 Å². The Morgan fingerprint density at radius 3 is 1.61 bits per heavy atom. The molecule has 4 fully saturated rings. The summed E-state index contributed by atoms with van der Waals surface area (Å²) in [5, 5.41) is 0. The van der Waals surface area contributed by atoms with Crippen molar-refractivity contribution in [1.29, 1.82) is 0 Å². The molecule has 7 aliphatic carbocycles. The van der Waals surface area contributed by atoms with Crippen molar-refractivity contribution in [3.8, 4) is 0 Å². The minimum absolute atomic E-state index is 0.793. The normalized spacial score (nSPS) is 28.4. The molecule has 0 heterocycles. The Kier molecular flexibility index (Phi) is 9.46. The standard InChI is InChI=1S/C35H36.2ClH.Zr/c1-23-20-26-21-33(24-10-2-3-11-24)34(25-12-4-5-13-25)22-35(26)27(23)18-19-32-30-16-8-6-14-28(30)29-15-7-9-17-31(29)32;;;/h6-9,14-17,20-22,24-25H,2-5,10-13,18-19H2,1H3;2*1H;/q;;;+4/p-2. The third-order valence-corrected chi connectivity index (χ3v) is 9.44. The van der Waals surface area contributed by atoms with Crippen molar-refractivity contribution in [2.45, 2.75) is 71.1 Å². The molecule has 3 heteroatoms. The molecule has 0 unspecified atom stereocenters. The number of fused-ring (bicyclic) bond motifs is 4. The molecule has 0 saturated heterocycles. The van der Waals surface area contributed by atoms with Crippen molar-refractivity contribution in [3.05, 3.63) is 132 Å². The first-order valence-corrected chi connectivity index (χ1v) is 20.8. The summed E-state index contributed by atoms with van der Waals surface area (Å²) < 4.78 is 0. The Balaban J connectivity index is 0.000000843. The number of rotatable bonds is 5. The van der Waals surface area contributed by atoms with Crippen LogP contribution in [-0.2, 0) is 20.8 Å². The van der Waals surface area contributed by atoms with Crippen LogP contribution in [0.2, 0.25) is 0 Å². The summed E-state index contributed by atoms with van der Waals surface area (Å²) in [7, 11) is 9.87. The van der Waals surface area contributed by atoms with Crippen LogP contribution in [0.25, 0.3) is 0 Å². The van der Waals surface area contributed by atoms with Gasteiger partial charge in [0.15, 0.2) is 0 Å². The van der Waals surface area contributed by atoms with Gasteiger partial charge in [-0.2, -0.15) is 0 Å². The molecule has 0 atom stereocenters. The first kappa shape index (κ1) is 28.0. The van der Waals surface area contributed by atoms with Crippen molar-refractivity contribution in [2.75, 3.05) is 0 Å². The van der Waals surface area contributed by atoms with Crippen molar-refractivity contribution in [3.63, 3.8) is 0 Å². The van der Waals surface area contributed by atoms with Crippen LogP contribution in [0, 0.1) is 71.5 Å². The number of allylic oxidation sites excluding steroid dienone is 12. The Hall–Kier alpha value is -0.0969. The second-order valence-electron chi connectivity index (χ2n) is 11.5. The van der Waals surface area contributed by atoms with Gasteiger partial charge in [-0.3, -0.25) is 0 Å². The van der Waals surface area contributed by atoms with Gasteiger partial charge in [-0.05, 0) is 85.7 Å². The van der Waals surface area contributed by atoms with E-state index in [4.69, 9.17) is 17.0 Å². The van der Waals surface area contributed by atoms with E-state index >= 15 is 0 Å². The van der Waals surface area contributed by atoms with Crippen LogP contribution < -0.4 is 0 Å². The van der Waals surface area contributed by atoms with Gasteiger partial charge in [0.1, 0.15) is 0 Å². The SMILES string of the molecule is C[C]1[CH][C]2C=C(C3CCCC3)C(C3CCCC3)=C[C]2[C]1CC[C]1[C]2C=CC=C[C]2[C]2C=CC=C[C]21.[Cl][Zr+2][Cl]. The van der Waals surface area contributed by atoms with Gasteiger partial charge in [-0.15, -0.1) is 0 Å². The molecule has 0 N–H and O–H groups in total. The average Bonchev–Trinajstić information content (AvgIpc) is 3.74. The van der Waals surface area contributed by atoms with Gasteiger partial charge < -0.3 is 0 Å². The molecular formula is C35H36Cl2Zr+2. The predicted molar refractivity (Wildman–Crippen MR) is 157 cm³/mol. The molecule has 0 amide bonds. The number of hydrogen-bond acceptors (Lipinski definition) is 0. The quantitative estimate of drug-likeness (QED) is 0.288. The molecule has 192 valence electrons. The van der Waals surface area contributed by atoms with Gasteiger partial charge in [0, 0.05) is 35.5 Å². The van der Waals surface area contributed by atoms with E-state index < -0.39 is 20.8 Å². The molecule has 7 aliphatic rings. The van der Waals surface area contributed by atoms with Gasteiger partial charge in [0.2, 0.25) is 0 Å². The fourth-order valence-electron chi connectivity index (χ4n) is 7.70. The summed E-state index contributed by atoms with van der Waals surface area (Å²) >= 11 is -0.826. The van der Waals surface area contributed by atoms with E-state index in [1.54, 1.807) is 23.0 Å².